The monoisotopic (exact) mass is 388 g/mol. The van der Waals surface area contributed by atoms with E-state index in [1.165, 1.54) is 29.2 Å². The summed E-state index contributed by atoms with van der Waals surface area (Å²) in [4.78, 5) is 15.3. The van der Waals surface area contributed by atoms with Crippen molar-refractivity contribution in [1.82, 2.24) is 10.2 Å². The van der Waals surface area contributed by atoms with Crippen molar-refractivity contribution in [2.75, 3.05) is 26.4 Å². The summed E-state index contributed by atoms with van der Waals surface area (Å²) >= 11 is 0. The van der Waals surface area contributed by atoms with Gasteiger partial charge in [0.15, 0.2) is 11.5 Å². The van der Waals surface area contributed by atoms with Crippen molar-refractivity contribution < 1.29 is 14.3 Å². The summed E-state index contributed by atoms with van der Waals surface area (Å²) in [6.45, 7) is 2.90. The predicted molar refractivity (Wildman–Crippen MR) is 112 cm³/mol. The number of benzene rings is 3. The van der Waals surface area contributed by atoms with Crippen LogP contribution in [0.25, 0.3) is 10.8 Å². The van der Waals surface area contributed by atoms with Crippen molar-refractivity contribution in [3.05, 3.63) is 71.8 Å². The van der Waals surface area contributed by atoms with E-state index in [9.17, 15) is 4.79 Å². The molecule has 5 rings (SSSR count). The number of nitrogens with zero attached hydrogens (tertiary/aromatic N) is 1. The maximum Gasteiger partial charge on any atom is 0.251 e. The second kappa shape index (κ2) is 7.76. The van der Waals surface area contributed by atoms with Gasteiger partial charge in [0.05, 0.1) is 6.04 Å². The quantitative estimate of drug-likeness (QED) is 0.714. The Morgan fingerprint density at radius 1 is 0.966 bits per heavy atom. The molecule has 0 saturated carbocycles. The van der Waals surface area contributed by atoms with Crippen LogP contribution in [0, 0.1) is 0 Å². The fourth-order valence-corrected chi connectivity index (χ4v) is 4.36. The highest BCUT2D eigenvalue weighted by atomic mass is 16.7. The van der Waals surface area contributed by atoms with Crippen LogP contribution in [0.1, 0.15) is 34.8 Å². The summed E-state index contributed by atoms with van der Waals surface area (Å²) in [5, 5.41) is 5.64. The molecule has 1 amide bonds. The van der Waals surface area contributed by atoms with Gasteiger partial charge in [-0.1, -0.05) is 42.5 Å². The van der Waals surface area contributed by atoms with E-state index >= 15 is 0 Å². The van der Waals surface area contributed by atoms with Crippen LogP contribution >= 0.6 is 0 Å². The number of ether oxygens (including phenoxy) is 2. The Morgan fingerprint density at radius 3 is 2.66 bits per heavy atom. The van der Waals surface area contributed by atoms with Gasteiger partial charge < -0.3 is 14.8 Å². The van der Waals surface area contributed by atoms with Crippen LogP contribution in [-0.2, 0) is 0 Å². The number of likely N-dealkylation sites (tertiary alicyclic amines) is 1. The van der Waals surface area contributed by atoms with Gasteiger partial charge in [-0.25, -0.2) is 0 Å². The molecular weight excluding hydrogens is 364 g/mol. The number of fused-ring (bicyclic) bond motifs is 2. The predicted octanol–water partition coefficient (Wildman–Crippen LogP) is 4.14. The first-order chi connectivity index (χ1) is 14.3. The topological polar surface area (TPSA) is 50.8 Å². The molecular formula is C24H24N2O3. The lowest BCUT2D eigenvalue weighted by Gasteiger charge is -2.29. The first-order valence-corrected chi connectivity index (χ1v) is 10.2. The molecule has 29 heavy (non-hydrogen) atoms. The third-order valence-corrected chi connectivity index (χ3v) is 5.85. The highest BCUT2D eigenvalue weighted by Crippen LogP contribution is 2.33. The molecule has 0 radical (unpaired) electrons. The maximum absolute atomic E-state index is 12.8. The van der Waals surface area contributed by atoms with E-state index in [1.807, 2.05) is 0 Å². The first kappa shape index (κ1) is 18.0. The molecule has 148 valence electrons. The van der Waals surface area contributed by atoms with Crippen LogP contribution in [0.4, 0.5) is 0 Å². The third kappa shape index (κ3) is 3.54. The number of carbonyl (C=O) groups is 1. The molecule has 0 aromatic heterocycles. The van der Waals surface area contributed by atoms with E-state index in [-0.39, 0.29) is 18.7 Å². The van der Waals surface area contributed by atoms with Crippen molar-refractivity contribution in [3.8, 4) is 11.5 Å². The fourth-order valence-electron chi connectivity index (χ4n) is 4.36. The molecule has 0 bridgehead atoms. The smallest absolute Gasteiger partial charge is 0.251 e. The number of amides is 1. The molecule has 1 N–H and O–H groups in total. The molecule has 5 nitrogen and oxygen atoms in total. The van der Waals surface area contributed by atoms with E-state index in [4.69, 9.17) is 9.47 Å². The number of carbonyl (C=O) groups excluding carboxylic acids is 1. The second-order valence-electron chi connectivity index (χ2n) is 7.61. The van der Waals surface area contributed by atoms with Crippen molar-refractivity contribution in [2.24, 2.45) is 0 Å². The maximum atomic E-state index is 12.8. The van der Waals surface area contributed by atoms with Gasteiger partial charge in [0.1, 0.15) is 0 Å². The van der Waals surface area contributed by atoms with Crippen molar-refractivity contribution in [1.29, 1.82) is 0 Å². The summed E-state index contributed by atoms with van der Waals surface area (Å²) in [5.74, 6) is 1.22. The molecule has 1 atom stereocenters. The number of hydrogen-bond donors (Lipinski definition) is 1. The fraction of sp³-hybridized carbons (Fsp3) is 0.292. The summed E-state index contributed by atoms with van der Waals surface area (Å²) in [7, 11) is 0. The zero-order chi connectivity index (χ0) is 19.6. The van der Waals surface area contributed by atoms with Gasteiger partial charge in [-0.2, -0.15) is 0 Å². The zero-order valence-electron chi connectivity index (χ0n) is 16.3. The zero-order valence-corrected chi connectivity index (χ0v) is 16.3. The Morgan fingerprint density at radius 2 is 1.76 bits per heavy atom. The van der Waals surface area contributed by atoms with Gasteiger partial charge in [-0.05, 0) is 60.5 Å². The van der Waals surface area contributed by atoms with Crippen molar-refractivity contribution in [3.63, 3.8) is 0 Å². The molecule has 3 aromatic carbocycles. The van der Waals surface area contributed by atoms with Gasteiger partial charge in [-0.3, -0.25) is 9.69 Å². The molecule has 3 aromatic rings. The molecule has 5 heteroatoms. The van der Waals surface area contributed by atoms with E-state index in [1.54, 1.807) is 18.2 Å². The second-order valence-corrected chi connectivity index (χ2v) is 7.61. The van der Waals surface area contributed by atoms with Crippen LogP contribution in [0.3, 0.4) is 0 Å². The SMILES string of the molecule is O=C(NC[C@@H](c1cccc2ccccc12)N1CCCC1)c1ccc2c(c1)OCO2. The Bertz CT molecular complexity index is 1040. The average Bonchev–Trinajstić information content (AvgIpc) is 3.45. The summed E-state index contributed by atoms with van der Waals surface area (Å²) in [6.07, 6.45) is 2.41. The lowest BCUT2D eigenvalue weighted by molar-refractivity contribution is 0.0937. The van der Waals surface area contributed by atoms with Gasteiger partial charge in [0, 0.05) is 12.1 Å². The molecule has 1 fully saturated rings. The molecule has 2 heterocycles. The molecule has 1 saturated heterocycles. The highest BCUT2D eigenvalue weighted by Gasteiger charge is 2.26. The highest BCUT2D eigenvalue weighted by molar-refractivity contribution is 5.95. The molecule has 2 aliphatic rings. The number of nitrogens with one attached hydrogen (secondary N) is 1. The summed E-state index contributed by atoms with van der Waals surface area (Å²) in [5.41, 5.74) is 1.86. The van der Waals surface area contributed by atoms with Gasteiger partial charge >= 0.3 is 0 Å². The standard InChI is InChI=1S/C24H24N2O3/c27-24(18-10-11-22-23(14-18)29-16-28-22)25-15-21(26-12-3-4-13-26)20-9-5-7-17-6-1-2-8-19(17)20/h1-2,5-11,14,21H,3-4,12-13,15-16H2,(H,25,27)/t21-/m0/s1. The van der Waals surface area contributed by atoms with Crippen LogP contribution in [0.2, 0.25) is 0 Å². The van der Waals surface area contributed by atoms with E-state index in [0.717, 1.165) is 13.1 Å². The van der Waals surface area contributed by atoms with E-state index in [0.29, 0.717) is 23.6 Å². The third-order valence-electron chi connectivity index (χ3n) is 5.85. The average molecular weight is 388 g/mol. The first-order valence-electron chi connectivity index (χ1n) is 10.2. The number of hydrogen-bond acceptors (Lipinski definition) is 4. The lowest BCUT2D eigenvalue weighted by atomic mass is 9.97. The van der Waals surface area contributed by atoms with Crippen LogP contribution in [0.5, 0.6) is 11.5 Å². The molecule has 0 unspecified atom stereocenters. The summed E-state index contributed by atoms with van der Waals surface area (Å²) in [6, 6.07) is 20.4. The minimum Gasteiger partial charge on any atom is -0.454 e. The Balaban J connectivity index is 1.40. The largest absolute Gasteiger partial charge is 0.454 e. The Hall–Kier alpha value is -3.05. The number of rotatable bonds is 5. The summed E-state index contributed by atoms with van der Waals surface area (Å²) < 4.78 is 10.7. The lowest BCUT2D eigenvalue weighted by Crippen LogP contribution is -2.36. The van der Waals surface area contributed by atoms with E-state index < -0.39 is 0 Å². The minimum absolute atomic E-state index is 0.0901. The Labute approximate surface area is 170 Å². The van der Waals surface area contributed by atoms with Crippen molar-refractivity contribution in [2.45, 2.75) is 18.9 Å². The molecule has 0 aliphatic carbocycles. The van der Waals surface area contributed by atoms with Crippen LogP contribution < -0.4 is 14.8 Å². The van der Waals surface area contributed by atoms with Gasteiger partial charge in [0.2, 0.25) is 6.79 Å². The van der Waals surface area contributed by atoms with Crippen molar-refractivity contribution >= 4 is 16.7 Å². The molecule has 2 aliphatic heterocycles. The van der Waals surface area contributed by atoms with Gasteiger partial charge in [0.25, 0.3) is 5.91 Å². The van der Waals surface area contributed by atoms with E-state index in [2.05, 4.69) is 52.7 Å². The minimum atomic E-state index is -0.0901. The normalized spacial score (nSPS) is 16.8. The van der Waals surface area contributed by atoms with Gasteiger partial charge in [-0.15, -0.1) is 0 Å². The van der Waals surface area contributed by atoms with Crippen LogP contribution in [-0.4, -0.2) is 37.2 Å². The molecule has 0 spiro atoms. The van der Waals surface area contributed by atoms with Crippen LogP contribution in [0.15, 0.2) is 60.7 Å². The Kier molecular flexibility index (Phi) is 4.82.